The van der Waals surface area contributed by atoms with Gasteiger partial charge in [-0.1, -0.05) is 12.1 Å². The Morgan fingerprint density at radius 2 is 2.17 bits per heavy atom. The molecule has 0 radical (unpaired) electrons. The lowest BCUT2D eigenvalue weighted by Crippen LogP contribution is -2.38. The fourth-order valence-electron chi connectivity index (χ4n) is 4.12. The second-order valence-electron chi connectivity index (χ2n) is 7.24. The molecule has 0 unspecified atom stereocenters. The number of amides is 1. The highest BCUT2D eigenvalue weighted by atomic mass is 32.1. The number of hydrogen-bond donors (Lipinski definition) is 2. The van der Waals surface area contributed by atoms with Crippen molar-refractivity contribution in [2.45, 2.75) is 25.3 Å². The third-order valence-corrected chi connectivity index (χ3v) is 6.03. The zero-order valence-corrected chi connectivity index (χ0v) is 16.9. The Kier molecular flexibility index (Phi) is 4.84. The van der Waals surface area contributed by atoms with E-state index in [1.54, 1.807) is 18.5 Å². The van der Waals surface area contributed by atoms with Crippen molar-refractivity contribution in [3.05, 3.63) is 71.3 Å². The third kappa shape index (κ3) is 3.39. The van der Waals surface area contributed by atoms with Gasteiger partial charge in [0.25, 0.3) is 0 Å². The van der Waals surface area contributed by atoms with Crippen LogP contribution in [-0.2, 0) is 9.59 Å². The number of nitrogens with one attached hydrogen (secondary N) is 2. The van der Waals surface area contributed by atoms with Gasteiger partial charge in [-0.25, -0.2) is 4.98 Å². The van der Waals surface area contributed by atoms with E-state index in [1.165, 1.54) is 11.3 Å². The summed E-state index contributed by atoms with van der Waals surface area (Å²) in [5.74, 6) is 0.519. The van der Waals surface area contributed by atoms with E-state index in [1.807, 2.05) is 40.6 Å². The standard InChI is InChI=1S/C22H20N4O3S/c27-17-8-3-6-15-20(17)21(18-9-4-11-29-18)26(16-7-2-1-5-14(16)24-15)13-19(28)25-22-23-10-12-30-22/h1-2,4-5,7,9-12,21,24H,3,6,8,13H2,(H,23,25,28)/t21-/m1/s1. The van der Waals surface area contributed by atoms with Crippen molar-refractivity contribution in [3.8, 4) is 0 Å². The molecular weight excluding hydrogens is 400 g/mol. The lowest BCUT2D eigenvalue weighted by molar-refractivity contribution is -0.117. The predicted molar refractivity (Wildman–Crippen MR) is 115 cm³/mol. The Labute approximate surface area is 177 Å². The topological polar surface area (TPSA) is 87.5 Å². The van der Waals surface area contributed by atoms with Gasteiger partial charge in [0.2, 0.25) is 5.91 Å². The first-order valence-corrected chi connectivity index (χ1v) is 10.7. The van der Waals surface area contributed by atoms with E-state index in [0.29, 0.717) is 22.9 Å². The Hall–Kier alpha value is -3.39. The molecule has 1 aliphatic heterocycles. The molecule has 0 saturated heterocycles. The summed E-state index contributed by atoms with van der Waals surface area (Å²) < 4.78 is 5.76. The molecule has 152 valence electrons. The minimum Gasteiger partial charge on any atom is -0.467 e. The number of para-hydroxylation sites is 2. The van der Waals surface area contributed by atoms with E-state index in [4.69, 9.17) is 4.42 Å². The molecule has 3 aromatic rings. The molecule has 0 fully saturated rings. The fraction of sp³-hybridized carbons (Fsp3) is 0.227. The highest BCUT2D eigenvalue weighted by molar-refractivity contribution is 7.13. The first-order chi connectivity index (χ1) is 14.7. The van der Waals surface area contributed by atoms with Gasteiger partial charge in [-0.05, 0) is 37.1 Å². The normalized spacial score (nSPS) is 18.3. The number of aromatic nitrogens is 1. The zero-order valence-electron chi connectivity index (χ0n) is 16.1. The summed E-state index contributed by atoms with van der Waals surface area (Å²) in [5, 5.41) is 8.67. The molecule has 2 N–H and O–H groups in total. The molecule has 0 bridgehead atoms. The van der Waals surface area contributed by atoms with Gasteiger partial charge < -0.3 is 20.0 Å². The number of carbonyl (C=O) groups is 2. The van der Waals surface area contributed by atoms with Crippen LogP contribution in [0, 0.1) is 0 Å². The van der Waals surface area contributed by atoms with Gasteiger partial charge in [0.15, 0.2) is 10.9 Å². The van der Waals surface area contributed by atoms with Crippen LogP contribution in [0.25, 0.3) is 0 Å². The van der Waals surface area contributed by atoms with E-state index in [-0.39, 0.29) is 18.2 Å². The Balaban J connectivity index is 1.61. The minimum atomic E-state index is -0.485. The summed E-state index contributed by atoms with van der Waals surface area (Å²) >= 11 is 1.36. The maximum Gasteiger partial charge on any atom is 0.245 e. The molecule has 5 rings (SSSR count). The van der Waals surface area contributed by atoms with Crippen LogP contribution in [0.3, 0.4) is 0 Å². The van der Waals surface area contributed by atoms with E-state index in [0.717, 1.165) is 29.9 Å². The number of carbonyl (C=O) groups excluding carboxylic acids is 2. The van der Waals surface area contributed by atoms with Crippen LogP contribution in [-0.4, -0.2) is 23.2 Å². The molecule has 0 saturated carbocycles. The lowest BCUT2D eigenvalue weighted by atomic mass is 9.88. The van der Waals surface area contributed by atoms with Crippen molar-refractivity contribution in [2.75, 3.05) is 22.1 Å². The molecule has 1 atom stereocenters. The van der Waals surface area contributed by atoms with Gasteiger partial charge in [-0.2, -0.15) is 0 Å². The zero-order chi connectivity index (χ0) is 20.5. The predicted octanol–water partition coefficient (Wildman–Crippen LogP) is 4.36. The van der Waals surface area contributed by atoms with E-state index < -0.39 is 6.04 Å². The van der Waals surface area contributed by atoms with Crippen LogP contribution in [0.4, 0.5) is 16.5 Å². The van der Waals surface area contributed by atoms with E-state index in [2.05, 4.69) is 15.6 Å². The smallest absolute Gasteiger partial charge is 0.245 e. The van der Waals surface area contributed by atoms with Crippen LogP contribution < -0.4 is 15.5 Å². The van der Waals surface area contributed by atoms with Crippen LogP contribution in [0.15, 0.2) is 69.9 Å². The average Bonchev–Trinajstić information content (AvgIpc) is 3.42. The number of hydrogen-bond acceptors (Lipinski definition) is 7. The molecule has 1 aromatic carbocycles. The summed E-state index contributed by atoms with van der Waals surface area (Å²) in [7, 11) is 0. The largest absolute Gasteiger partial charge is 0.467 e. The number of anilines is 3. The molecule has 1 aliphatic carbocycles. The van der Waals surface area contributed by atoms with Gasteiger partial charge >= 0.3 is 0 Å². The van der Waals surface area contributed by atoms with Crippen LogP contribution in [0.1, 0.15) is 31.1 Å². The Morgan fingerprint density at radius 1 is 1.27 bits per heavy atom. The second kappa shape index (κ2) is 7.79. The molecule has 7 nitrogen and oxygen atoms in total. The number of ketones is 1. The van der Waals surface area contributed by atoms with Crippen molar-refractivity contribution in [3.63, 3.8) is 0 Å². The first-order valence-electron chi connectivity index (χ1n) is 9.82. The van der Waals surface area contributed by atoms with Gasteiger partial charge in [0.05, 0.1) is 24.2 Å². The van der Waals surface area contributed by atoms with Crippen molar-refractivity contribution in [1.82, 2.24) is 4.98 Å². The highest BCUT2D eigenvalue weighted by Gasteiger charge is 2.38. The average molecular weight is 420 g/mol. The van der Waals surface area contributed by atoms with Crippen LogP contribution in [0.2, 0.25) is 0 Å². The molecule has 8 heteroatoms. The quantitative estimate of drug-likeness (QED) is 0.652. The van der Waals surface area contributed by atoms with Gasteiger partial charge in [0, 0.05) is 29.3 Å². The van der Waals surface area contributed by atoms with E-state index in [9.17, 15) is 9.59 Å². The molecule has 2 aliphatic rings. The first kappa shape index (κ1) is 18.6. The SMILES string of the molecule is O=C(CN1c2ccccc2NC2=C(C(=O)CCC2)[C@H]1c1ccco1)Nc1nccs1. The number of rotatable bonds is 4. The second-order valence-corrected chi connectivity index (χ2v) is 8.14. The number of allylic oxidation sites excluding steroid dienone is 1. The minimum absolute atomic E-state index is 0.0493. The van der Waals surface area contributed by atoms with Crippen molar-refractivity contribution < 1.29 is 14.0 Å². The van der Waals surface area contributed by atoms with Gasteiger partial charge in [0.1, 0.15) is 11.8 Å². The number of benzene rings is 1. The summed E-state index contributed by atoms with van der Waals surface area (Å²) in [4.78, 5) is 32.0. The monoisotopic (exact) mass is 420 g/mol. The maximum atomic E-state index is 13.1. The summed E-state index contributed by atoms with van der Waals surface area (Å²) in [6, 6.07) is 11.0. The number of nitrogens with zero attached hydrogens (tertiary/aromatic N) is 2. The number of thiazole rings is 1. The van der Waals surface area contributed by atoms with Crippen molar-refractivity contribution >= 4 is 39.5 Å². The number of Topliss-reactive ketones (excluding diaryl/α,β-unsaturated/α-hetero) is 1. The van der Waals surface area contributed by atoms with Crippen molar-refractivity contribution in [1.29, 1.82) is 0 Å². The number of furan rings is 1. The summed E-state index contributed by atoms with van der Waals surface area (Å²) in [6.45, 7) is 0.0493. The molecule has 1 amide bonds. The summed E-state index contributed by atoms with van der Waals surface area (Å²) in [6.07, 6.45) is 5.33. The molecule has 2 aromatic heterocycles. The highest BCUT2D eigenvalue weighted by Crippen LogP contribution is 2.44. The summed E-state index contributed by atoms with van der Waals surface area (Å²) in [5.41, 5.74) is 3.29. The number of fused-ring (bicyclic) bond motifs is 1. The van der Waals surface area contributed by atoms with Crippen molar-refractivity contribution in [2.24, 2.45) is 0 Å². The molecule has 0 spiro atoms. The third-order valence-electron chi connectivity index (χ3n) is 5.35. The van der Waals surface area contributed by atoms with Gasteiger partial charge in [-0.3, -0.25) is 9.59 Å². The fourth-order valence-corrected chi connectivity index (χ4v) is 4.66. The molecular formula is C22H20N4O3S. The Bertz CT molecular complexity index is 1110. The maximum absolute atomic E-state index is 13.1. The van der Waals surface area contributed by atoms with E-state index >= 15 is 0 Å². The van der Waals surface area contributed by atoms with Crippen LogP contribution in [0.5, 0.6) is 0 Å². The van der Waals surface area contributed by atoms with Crippen LogP contribution >= 0.6 is 11.3 Å². The lowest BCUT2D eigenvalue weighted by Gasteiger charge is -2.33. The van der Waals surface area contributed by atoms with Gasteiger partial charge in [-0.15, -0.1) is 11.3 Å². The Morgan fingerprint density at radius 3 is 2.97 bits per heavy atom. The molecule has 3 heterocycles. The molecule has 30 heavy (non-hydrogen) atoms.